The lowest BCUT2D eigenvalue weighted by atomic mass is 10.1. The van der Waals surface area contributed by atoms with Crippen LogP contribution in [-0.4, -0.2) is 10.8 Å². The molecule has 0 bridgehead atoms. The quantitative estimate of drug-likeness (QED) is 0.809. The average Bonchev–Trinajstić information content (AvgIpc) is 2.74. The number of carbonyl (C=O) groups excluding carboxylic acids is 1. The van der Waals surface area contributed by atoms with Crippen LogP contribution in [0.5, 0.6) is 0 Å². The van der Waals surface area contributed by atoms with Gasteiger partial charge < -0.3 is 0 Å². The lowest BCUT2D eigenvalue weighted by molar-refractivity contribution is 0.0993. The molecule has 0 amide bonds. The van der Waals surface area contributed by atoms with E-state index >= 15 is 0 Å². The molecule has 2 rings (SSSR count). The Bertz CT molecular complexity index is 508. The first-order valence-electron chi connectivity index (χ1n) is 4.84. The molecule has 0 aliphatic carbocycles. The van der Waals surface area contributed by atoms with E-state index in [1.807, 2.05) is 30.5 Å². The second kappa shape index (κ2) is 4.89. The monoisotopic (exact) mass is 295 g/mol. The number of benzene rings is 1. The molecule has 1 aromatic heterocycles. The number of halogens is 1. The van der Waals surface area contributed by atoms with Gasteiger partial charge in [0.05, 0.1) is 6.42 Å². The van der Waals surface area contributed by atoms with Crippen LogP contribution in [0.3, 0.4) is 0 Å². The third-order valence-electron chi connectivity index (χ3n) is 2.28. The van der Waals surface area contributed by atoms with Gasteiger partial charge >= 0.3 is 0 Å². The van der Waals surface area contributed by atoms with Crippen LogP contribution >= 0.6 is 27.3 Å². The van der Waals surface area contributed by atoms with Gasteiger partial charge in [-0.1, -0.05) is 22.0 Å². The Morgan fingerprint density at radius 2 is 2.31 bits per heavy atom. The lowest BCUT2D eigenvalue weighted by Gasteiger charge is -2.02. The first-order valence-corrected chi connectivity index (χ1v) is 6.52. The number of thiazole rings is 1. The van der Waals surface area contributed by atoms with Crippen molar-refractivity contribution in [2.45, 2.75) is 13.3 Å². The van der Waals surface area contributed by atoms with E-state index in [0.29, 0.717) is 6.42 Å². The number of ketones is 1. The molecular formula is C12H10BrNOS. The second-order valence-electron chi connectivity index (χ2n) is 3.49. The summed E-state index contributed by atoms with van der Waals surface area (Å²) in [6.45, 7) is 1.98. The third-order valence-corrected chi connectivity index (χ3v) is 3.94. The summed E-state index contributed by atoms with van der Waals surface area (Å²) in [5, 5.41) is 2.75. The van der Waals surface area contributed by atoms with Gasteiger partial charge in [-0.15, -0.1) is 11.3 Å². The summed E-state index contributed by atoms with van der Waals surface area (Å²) in [6.07, 6.45) is 2.11. The first kappa shape index (κ1) is 11.5. The molecule has 1 aromatic carbocycles. The first-order chi connectivity index (χ1) is 7.66. The van der Waals surface area contributed by atoms with Gasteiger partial charge in [-0.05, 0) is 24.6 Å². The van der Waals surface area contributed by atoms with E-state index in [1.165, 1.54) is 11.3 Å². The molecule has 0 saturated carbocycles. The zero-order valence-electron chi connectivity index (χ0n) is 8.74. The van der Waals surface area contributed by atoms with Gasteiger partial charge in [0.1, 0.15) is 5.01 Å². The molecule has 0 atom stereocenters. The van der Waals surface area contributed by atoms with E-state index in [0.717, 1.165) is 20.6 Å². The summed E-state index contributed by atoms with van der Waals surface area (Å²) >= 11 is 4.93. The largest absolute Gasteiger partial charge is 0.294 e. The molecule has 0 radical (unpaired) electrons. The van der Waals surface area contributed by atoms with E-state index in [2.05, 4.69) is 20.9 Å². The Balaban J connectivity index is 2.18. The molecule has 1 heterocycles. The Morgan fingerprint density at radius 3 is 2.94 bits per heavy atom. The van der Waals surface area contributed by atoms with Crippen molar-refractivity contribution in [3.63, 3.8) is 0 Å². The average molecular weight is 296 g/mol. The highest BCUT2D eigenvalue weighted by molar-refractivity contribution is 9.10. The van der Waals surface area contributed by atoms with Crippen LogP contribution in [0, 0.1) is 6.92 Å². The number of hydrogen-bond donors (Lipinski definition) is 0. The van der Waals surface area contributed by atoms with Crippen molar-refractivity contribution in [1.29, 1.82) is 0 Å². The van der Waals surface area contributed by atoms with Gasteiger partial charge in [-0.25, -0.2) is 4.98 Å². The number of rotatable bonds is 3. The molecule has 2 nitrogen and oxygen atoms in total. The highest BCUT2D eigenvalue weighted by Crippen LogP contribution is 2.18. The number of aromatic nitrogens is 1. The highest BCUT2D eigenvalue weighted by Gasteiger charge is 2.09. The second-order valence-corrected chi connectivity index (χ2v) is 5.32. The maximum absolute atomic E-state index is 11.9. The molecule has 2 aromatic rings. The van der Waals surface area contributed by atoms with E-state index in [1.54, 1.807) is 6.20 Å². The molecule has 0 N–H and O–H groups in total. The van der Waals surface area contributed by atoms with Crippen molar-refractivity contribution in [2.75, 3.05) is 0 Å². The van der Waals surface area contributed by atoms with Gasteiger partial charge in [0, 0.05) is 21.6 Å². The van der Waals surface area contributed by atoms with Crippen LogP contribution in [-0.2, 0) is 6.42 Å². The lowest BCUT2D eigenvalue weighted by Crippen LogP contribution is -2.03. The summed E-state index contributed by atoms with van der Waals surface area (Å²) in [7, 11) is 0. The van der Waals surface area contributed by atoms with Gasteiger partial charge in [0.15, 0.2) is 5.78 Å². The van der Waals surface area contributed by atoms with Crippen molar-refractivity contribution < 1.29 is 4.79 Å². The van der Waals surface area contributed by atoms with Crippen molar-refractivity contribution in [3.8, 4) is 0 Å². The van der Waals surface area contributed by atoms with Crippen LogP contribution in [0.1, 0.15) is 20.9 Å². The normalized spacial score (nSPS) is 10.4. The maximum Gasteiger partial charge on any atom is 0.169 e. The molecule has 0 aliphatic heterocycles. The fourth-order valence-corrected chi connectivity index (χ4v) is 2.26. The van der Waals surface area contributed by atoms with Gasteiger partial charge in [0.25, 0.3) is 0 Å². The maximum atomic E-state index is 11.9. The molecule has 16 heavy (non-hydrogen) atoms. The third kappa shape index (κ3) is 2.57. The Labute approximate surface area is 106 Å². The van der Waals surface area contributed by atoms with Gasteiger partial charge in [-0.2, -0.15) is 0 Å². The minimum absolute atomic E-state index is 0.116. The van der Waals surface area contributed by atoms with Gasteiger partial charge in [-0.3, -0.25) is 4.79 Å². The molecule has 0 spiro atoms. The van der Waals surface area contributed by atoms with E-state index in [9.17, 15) is 4.79 Å². The molecule has 0 fully saturated rings. The van der Waals surface area contributed by atoms with Crippen LogP contribution < -0.4 is 0 Å². The minimum atomic E-state index is 0.116. The number of Topliss-reactive ketones (excluding diaryl/α,β-unsaturated/α-hetero) is 1. The molecule has 0 aliphatic rings. The predicted octanol–water partition coefficient (Wildman–Crippen LogP) is 3.64. The number of nitrogens with zero attached hydrogens (tertiary/aromatic N) is 1. The standard InChI is InChI=1S/C12H10BrNOS/c1-8-6-9(2-3-10(8)13)11(15)7-12-14-4-5-16-12/h2-6H,7H2,1H3. The Hall–Kier alpha value is -1.00. The van der Waals surface area contributed by atoms with Crippen molar-refractivity contribution in [3.05, 3.63) is 50.4 Å². The molecule has 82 valence electrons. The SMILES string of the molecule is Cc1cc(C(=O)Cc2nccs2)ccc1Br. The molecule has 4 heteroatoms. The van der Waals surface area contributed by atoms with E-state index in [-0.39, 0.29) is 5.78 Å². The minimum Gasteiger partial charge on any atom is -0.294 e. The summed E-state index contributed by atoms with van der Waals surface area (Å²) in [5.41, 5.74) is 1.82. The van der Waals surface area contributed by atoms with Crippen LogP contribution in [0.2, 0.25) is 0 Å². The molecule has 0 unspecified atom stereocenters. The van der Waals surface area contributed by atoms with Crippen molar-refractivity contribution in [2.24, 2.45) is 0 Å². The number of carbonyl (C=O) groups is 1. The van der Waals surface area contributed by atoms with Crippen LogP contribution in [0.15, 0.2) is 34.2 Å². The smallest absolute Gasteiger partial charge is 0.169 e. The Morgan fingerprint density at radius 1 is 1.50 bits per heavy atom. The summed E-state index contributed by atoms with van der Waals surface area (Å²) in [4.78, 5) is 16.0. The van der Waals surface area contributed by atoms with Crippen LogP contribution in [0.4, 0.5) is 0 Å². The Kier molecular flexibility index (Phi) is 3.51. The number of hydrogen-bond acceptors (Lipinski definition) is 3. The van der Waals surface area contributed by atoms with Crippen molar-refractivity contribution >= 4 is 33.0 Å². The summed E-state index contributed by atoms with van der Waals surface area (Å²) < 4.78 is 1.03. The number of aryl methyl sites for hydroxylation is 1. The highest BCUT2D eigenvalue weighted by atomic mass is 79.9. The fourth-order valence-electron chi connectivity index (χ4n) is 1.40. The summed E-state index contributed by atoms with van der Waals surface area (Å²) in [6, 6.07) is 5.65. The predicted molar refractivity (Wildman–Crippen MR) is 69.0 cm³/mol. The topological polar surface area (TPSA) is 30.0 Å². The van der Waals surface area contributed by atoms with E-state index < -0.39 is 0 Å². The summed E-state index contributed by atoms with van der Waals surface area (Å²) in [5.74, 6) is 0.116. The zero-order chi connectivity index (χ0) is 11.5. The van der Waals surface area contributed by atoms with E-state index in [4.69, 9.17) is 0 Å². The van der Waals surface area contributed by atoms with Crippen LogP contribution in [0.25, 0.3) is 0 Å². The molecule has 0 saturated heterocycles. The molecular weight excluding hydrogens is 286 g/mol. The zero-order valence-corrected chi connectivity index (χ0v) is 11.1. The fraction of sp³-hybridized carbons (Fsp3) is 0.167. The van der Waals surface area contributed by atoms with Gasteiger partial charge in [0.2, 0.25) is 0 Å². The van der Waals surface area contributed by atoms with Crippen molar-refractivity contribution in [1.82, 2.24) is 4.98 Å².